The number of nitrogens with one attached hydrogen (secondary N) is 2. The molecule has 0 spiro atoms. The van der Waals surface area contributed by atoms with Gasteiger partial charge in [0.15, 0.2) is 0 Å². The molecule has 0 bridgehead atoms. The molecule has 3 rings (SSSR count). The number of methoxy groups -OCH3 is 1. The average Bonchev–Trinajstić information content (AvgIpc) is 2.81. The molecule has 0 atom stereocenters. The second kappa shape index (κ2) is 10.5. The molecule has 0 aliphatic rings. The van der Waals surface area contributed by atoms with Crippen molar-refractivity contribution in [3.8, 4) is 11.5 Å². The largest absolute Gasteiger partial charge is 0.497 e. The number of carbonyl (C=O) groups excluding carboxylic acids is 3. The first-order chi connectivity index (χ1) is 15.4. The van der Waals surface area contributed by atoms with Crippen molar-refractivity contribution in [2.75, 3.05) is 12.4 Å². The fraction of sp³-hybridized carbons (Fsp3) is 0.0833. The number of amides is 2. The highest BCUT2D eigenvalue weighted by Gasteiger charge is 2.12. The van der Waals surface area contributed by atoms with Crippen LogP contribution >= 0.6 is 0 Å². The third-order valence-electron chi connectivity index (χ3n) is 4.31. The molecule has 32 heavy (non-hydrogen) atoms. The fourth-order valence-corrected chi connectivity index (χ4v) is 2.56. The van der Waals surface area contributed by atoms with E-state index in [1.165, 1.54) is 6.21 Å². The summed E-state index contributed by atoms with van der Waals surface area (Å²) in [6, 6.07) is 20.1. The van der Waals surface area contributed by atoms with Crippen LogP contribution in [0.25, 0.3) is 0 Å². The van der Waals surface area contributed by atoms with Crippen LogP contribution in [0.5, 0.6) is 11.5 Å². The molecule has 2 amide bonds. The Bertz CT molecular complexity index is 1120. The van der Waals surface area contributed by atoms with Gasteiger partial charge in [-0.1, -0.05) is 17.7 Å². The summed E-state index contributed by atoms with van der Waals surface area (Å²) in [4.78, 5) is 35.9. The summed E-state index contributed by atoms with van der Waals surface area (Å²) in [6.07, 6.45) is 1.37. The molecule has 3 aromatic carbocycles. The first kappa shape index (κ1) is 22.2. The number of aryl methyl sites for hydroxylation is 1. The van der Waals surface area contributed by atoms with Gasteiger partial charge in [0.1, 0.15) is 11.5 Å². The van der Waals surface area contributed by atoms with E-state index in [1.54, 1.807) is 67.8 Å². The van der Waals surface area contributed by atoms with Crippen LogP contribution in [0.15, 0.2) is 77.9 Å². The number of anilines is 1. The molecule has 0 unspecified atom stereocenters. The van der Waals surface area contributed by atoms with Gasteiger partial charge in [0.2, 0.25) is 0 Å². The summed E-state index contributed by atoms with van der Waals surface area (Å²) >= 11 is 0. The van der Waals surface area contributed by atoms with E-state index < -0.39 is 17.8 Å². The normalized spacial score (nSPS) is 10.4. The first-order valence-corrected chi connectivity index (χ1v) is 9.62. The van der Waals surface area contributed by atoms with Crippen molar-refractivity contribution in [1.29, 1.82) is 0 Å². The van der Waals surface area contributed by atoms with Crippen LogP contribution in [-0.2, 0) is 9.59 Å². The quantitative estimate of drug-likeness (QED) is 0.205. The van der Waals surface area contributed by atoms with Gasteiger partial charge >= 0.3 is 17.8 Å². The highest BCUT2D eigenvalue weighted by Crippen LogP contribution is 2.16. The van der Waals surface area contributed by atoms with E-state index in [0.717, 1.165) is 5.56 Å². The average molecular weight is 431 g/mol. The molecule has 8 heteroatoms. The zero-order chi connectivity index (χ0) is 22.9. The van der Waals surface area contributed by atoms with Crippen molar-refractivity contribution in [3.05, 3.63) is 89.5 Å². The van der Waals surface area contributed by atoms with Crippen molar-refractivity contribution in [2.45, 2.75) is 6.92 Å². The van der Waals surface area contributed by atoms with Gasteiger partial charge in [-0.25, -0.2) is 10.2 Å². The Morgan fingerprint density at radius 1 is 0.812 bits per heavy atom. The fourth-order valence-electron chi connectivity index (χ4n) is 2.56. The zero-order valence-electron chi connectivity index (χ0n) is 17.5. The number of hydrogen-bond acceptors (Lipinski definition) is 6. The lowest BCUT2D eigenvalue weighted by molar-refractivity contribution is -0.136. The maximum Gasteiger partial charge on any atom is 0.343 e. The smallest absolute Gasteiger partial charge is 0.343 e. The molecule has 0 radical (unpaired) electrons. The highest BCUT2D eigenvalue weighted by atomic mass is 16.5. The minimum Gasteiger partial charge on any atom is -0.497 e. The van der Waals surface area contributed by atoms with Crippen molar-refractivity contribution in [1.82, 2.24) is 5.43 Å². The molecule has 2 N–H and O–H groups in total. The van der Waals surface area contributed by atoms with Crippen molar-refractivity contribution >= 4 is 29.7 Å². The number of ether oxygens (including phenoxy) is 2. The van der Waals surface area contributed by atoms with E-state index in [1.807, 2.05) is 19.1 Å². The second-order valence-electron chi connectivity index (χ2n) is 6.71. The van der Waals surface area contributed by atoms with Crippen LogP contribution in [0, 0.1) is 6.92 Å². The number of rotatable bonds is 6. The maximum atomic E-state index is 12.2. The highest BCUT2D eigenvalue weighted by molar-refractivity contribution is 6.39. The lowest BCUT2D eigenvalue weighted by Crippen LogP contribution is -2.32. The molecule has 3 aromatic rings. The van der Waals surface area contributed by atoms with Crippen molar-refractivity contribution < 1.29 is 23.9 Å². The van der Waals surface area contributed by atoms with Crippen LogP contribution in [0.1, 0.15) is 21.5 Å². The molecular weight excluding hydrogens is 410 g/mol. The van der Waals surface area contributed by atoms with E-state index in [4.69, 9.17) is 9.47 Å². The SMILES string of the molecule is COc1ccc(C(=O)Oc2ccc(C=NNC(=O)C(=O)Nc3ccc(C)cc3)cc2)cc1. The van der Waals surface area contributed by atoms with Crippen LogP contribution in [0.4, 0.5) is 5.69 Å². The molecule has 0 aromatic heterocycles. The van der Waals surface area contributed by atoms with E-state index >= 15 is 0 Å². The number of carbonyl (C=O) groups is 3. The summed E-state index contributed by atoms with van der Waals surface area (Å²) in [6.45, 7) is 1.92. The summed E-state index contributed by atoms with van der Waals surface area (Å²) in [5.41, 5.74) is 4.74. The molecule has 0 heterocycles. The van der Waals surface area contributed by atoms with Gasteiger partial charge in [-0.15, -0.1) is 0 Å². The number of nitrogens with zero attached hydrogens (tertiary/aromatic N) is 1. The van der Waals surface area contributed by atoms with E-state index in [0.29, 0.717) is 28.3 Å². The molecule has 8 nitrogen and oxygen atoms in total. The molecule has 0 aliphatic carbocycles. The number of hydrazone groups is 1. The molecular formula is C24H21N3O5. The number of hydrogen-bond donors (Lipinski definition) is 2. The maximum absolute atomic E-state index is 12.2. The lowest BCUT2D eigenvalue weighted by Gasteiger charge is -2.06. The molecule has 0 saturated heterocycles. The summed E-state index contributed by atoms with van der Waals surface area (Å²) in [5, 5.41) is 6.25. The van der Waals surface area contributed by atoms with Crippen LogP contribution < -0.4 is 20.2 Å². The van der Waals surface area contributed by atoms with Gasteiger partial charge in [0.05, 0.1) is 18.9 Å². The van der Waals surface area contributed by atoms with Gasteiger partial charge in [0, 0.05) is 5.69 Å². The molecule has 0 saturated carbocycles. The van der Waals surface area contributed by atoms with Gasteiger partial charge in [-0.05, 0) is 73.2 Å². The van der Waals surface area contributed by atoms with Crippen molar-refractivity contribution in [2.24, 2.45) is 5.10 Å². The van der Waals surface area contributed by atoms with Gasteiger partial charge < -0.3 is 14.8 Å². The molecule has 0 aliphatic heterocycles. The zero-order valence-corrected chi connectivity index (χ0v) is 17.5. The molecule has 162 valence electrons. The third kappa shape index (κ3) is 6.27. The minimum absolute atomic E-state index is 0.351. The lowest BCUT2D eigenvalue weighted by atomic mass is 10.2. The molecule has 0 fully saturated rings. The predicted molar refractivity (Wildman–Crippen MR) is 120 cm³/mol. The summed E-state index contributed by atoms with van der Waals surface area (Å²) in [7, 11) is 1.55. The van der Waals surface area contributed by atoms with Gasteiger partial charge in [-0.3, -0.25) is 9.59 Å². The van der Waals surface area contributed by atoms with Gasteiger partial charge in [-0.2, -0.15) is 5.10 Å². The second-order valence-corrected chi connectivity index (χ2v) is 6.71. The first-order valence-electron chi connectivity index (χ1n) is 9.62. The monoisotopic (exact) mass is 431 g/mol. The Morgan fingerprint density at radius 3 is 2.06 bits per heavy atom. The summed E-state index contributed by atoms with van der Waals surface area (Å²) < 4.78 is 10.4. The Kier molecular flexibility index (Phi) is 7.32. The topological polar surface area (TPSA) is 106 Å². The van der Waals surface area contributed by atoms with Crippen LogP contribution in [-0.4, -0.2) is 31.1 Å². The minimum atomic E-state index is -0.896. The van der Waals surface area contributed by atoms with E-state index in [2.05, 4.69) is 15.8 Å². The summed E-state index contributed by atoms with van der Waals surface area (Å²) in [5.74, 6) is -1.23. The van der Waals surface area contributed by atoms with Gasteiger partial charge in [0.25, 0.3) is 0 Å². The Morgan fingerprint density at radius 2 is 1.44 bits per heavy atom. The number of benzene rings is 3. The van der Waals surface area contributed by atoms with Crippen LogP contribution in [0.3, 0.4) is 0 Å². The van der Waals surface area contributed by atoms with Crippen LogP contribution in [0.2, 0.25) is 0 Å². The van der Waals surface area contributed by atoms with E-state index in [9.17, 15) is 14.4 Å². The Hall–Kier alpha value is -4.46. The Labute approximate surface area is 184 Å². The third-order valence-corrected chi connectivity index (χ3v) is 4.31. The predicted octanol–water partition coefficient (Wildman–Crippen LogP) is 3.31. The van der Waals surface area contributed by atoms with Crippen molar-refractivity contribution in [3.63, 3.8) is 0 Å². The standard InChI is InChI=1S/C24H21N3O5/c1-16-3-9-19(10-4-16)26-22(28)23(29)27-25-15-17-5-11-21(12-6-17)32-24(30)18-7-13-20(31-2)14-8-18/h3-15H,1-2H3,(H,26,28)(H,27,29). The number of esters is 1. The van der Waals surface area contributed by atoms with E-state index in [-0.39, 0.29) is 0 Å². The Balaban J connectivity index is 1.49.